The summed E-state index contributed by atoms with van der Waals surface area (Å²) < 4.78 is 2.01. The Kier molecular flexibility index (Phi) is 8.51. The van der Waals surface area contributed by atoms with Gasteiger partial charge in [0.1, 0.15) is 12.2 Å². The van der Waals surface area contributed by atoms with Crippen LogP contribution >= 0.6 is 0 Å². The molecule has 1 N–H and O–H groups in total. The molecular formula is C16H32N4. The minimum atomic E-state index is 0.274. The Morgan fingerprint density at radius 2 is 1.70 bits per heavy atom. The molecule has 0 fully saturated rings. The van der Waals surface area contributed by atoms with Crippen molar-refractivity contribution in [2.45, 2.75) is 84.2 Å². The molecule has 1 aromatic heterocycles. The maximum absolute atomic E-state index is 4.21. The largest absolute Gasteiger partial charge is 0.319 e. The quantitative estimate of drug-likeness (QED) is 0.623. The van der Waals surface area contributed by atoms with E-state index in [0.717, 1.165) is 5.82 Å². The van der Waals surface area contributed by atoms with Crippen LogP contribution in [0.1, 0.15) is 84.0 Å². The number of unbranched alkanes of at least 4 members (excludes halogenated alkanes) is 4. The highest BCUT2D eigenvalue weighted by Gasteiger charge is 2.16. The summed E-state index contributed by atoms with van der Waals surface area (Å²) in [5.74, 6) is 1.03. The predicted molar refractivity (Wildman–Crippen MR) is 84.6 cm³/mol. The van der Waals surface area contributed by atoms with Crippen molar-refractivity contribution in [3.63, 3.8) is 0 Å². The minimum absolute atomic E-state index is 0.274. The van der Waals surface area contributed by atoms with Crippen molar-refractivity contribution in [3.05, 3.63) is 12.2 Å². The lowest BCUT2D eigenvalue weighted by molar-refractivity contribution is 0.373. The van der Waals surface area contributed by atoms with Crippen LogP contribution in [0.4, 0.5) is 0 Å². The van der Waals surface area contributed by atoms with E-state index < -0.39 is 0 Å². The number of nitrogens with zero attached hydrogens (tertiary/aromatic N) is 3. The molecule has 116 valence electrons. The molecule has 4 heteroatoms. The van der Waals surface area contributed by atoms with Gasteiger partial charge in [0.25, 0.3) is 0 Å². The van der Waals surface area contributed by atoms with Gasteiger partial charge in [-0.1, -0.05) is 52.4 Å². The monoisotopic (exact) mass is 280 g/mol. The maximum Gasteiger partial charge on any atom is 0.149 e. The molecular weight excluding hydrogens is 248 g/mol. The lowest BCUT2D eigenvalue weighted by Crippen LogP contribution is -2.32. The zero-order chi connectivity index (χ0) is 14.8. The van der Waals surface area contributed by atoms with Gasteiger partial charge in [-0.2, -0.15) is 0 Å². The summed E-state index contributed by atoms with van der Waals surface area (Å²) in [4.78, 5) is 0. The molecule has 0 radical (unpaired) electrons. The first-order chi connectivity index (χ1) is 9.69. The predicted octanol–water partition coefficient (Wildman–Crippen LogP) is 3.99. The highest BCUT2D eigenvalue weighted by atomic mass is 15.3. The van der Waals surface area contributed by atoms with Gasteiger partial charge in [-0.15, -0.1) is 10.2 Å². The van der Waals surface area contributed by atoms with Gasteiger partial charge in [-0.25, -0.2) is 0 Å². The zero-order valence-electron chi connectivity index (χ0n) is 13.7. The summed E-state index contributed by atoms with van der Waals surface area (Å²) in [6.45, 7) is 6.72. The summed E-state index contributed by atoms with van der Waals surface area (Å²) in [7, 11) is 2.01. The smallest absolute Gasteiger partial charge is 0.149 e. The van der Waals surface area contributed by atoms with E-state index in [1.165, 1.54) is 51.4 Å². The number of aromatic nitrogens is 3. The van der Waals surface area contributed by atoms with Crippen molar-refractivity contribution >= 4 is 0 Å². The molecule has 0 bridgehead atoms. The van der Waals surface area contributed by atoms with Crippen LogP contribution in [0.25, 0.3) is 0 Å². The van der Waals surface area contributed by atoms with E-state index in [1.54, 1.807) is 6.33 Å². The first-order valence-corrected chi connectivity index (χ1v) is 8.28. The molecule has 20 heavy (non-hydrogen) atoms. The van der Waals surface area contributed by atoms with Gasteiger partial charge >= 0.3 is 0 Å². The molecule has 1 unspecified atom stereocenters. The Morgan fingerprint density at radius 1 is 1.10 bits per heavy atom. The summed E-state index contributed by atoms with van der Waals surface area (Å²) in [5.41, 5.74) is 0. The number of hydrogen-bond donors (Lipinski definition) is 1. The second-order valence-electron chi connectivity index (χ2n) is 5.88. The van der Waals surface area contributed by atoms with Crippen LogP contribution < -0.4 is 5.32 Å². The summed E-state index contributed by atoms with van der Waals surface area (Å²) in [6.07, 6.45) is 12.2. The van der Waals surface area contributed by atoms with E-state index in [0.29, 0.717) is 6.04 Å². The van der Waals surface area contributed by atoms with Crippen molar-refractivity contribution in [3.8, 4) is 0 Å². The zero-order valence-corrected chi connectivity index (χ0v) is 13.7. The van der Waals surface area contributed by atoms with Gasteiger partial charge in [0.05, 0.1) is 6.04 Å². The van der Waals surface area contributed by atoms with Crippen LogP contribution in [0.15, 0.2) is 6.33 Å². The van der Waals surface area contributed by atoms with Crippen LogP contribution in [-0.4, -0.2) is 20.8 Å². The molecule has 1 aromatic rings. The average molecular weight is 280 g/mol. The minimum Gasteiger partial charge on any atom is -0.319 e. The number of nitrogens with one attached hydrogen (secondary N) is 1. The standard InChI is InChI=1S/C16H32N4/c1-5-7-9-11-15(12-10-8-6-2)18-14(3)16-19-17-13-20(16)4/h13-15,18H,5-12H2,1-4H3. The van der Waals surface area contributed by atoms with Crippen LogP contribution in [0.5, 0.6) is 0 Å². The fraction of sp³-hybridized carbons (Fsp3) is 0.875. The Bertz CT molecular complexity index is 338. The van der Waals surface area contributed by atoms with Gasteiger partial charge in [-0.05, 0) is 19.8 Å². The van der Waals surface area contributed by atoms with Gasteiger partial charge in [-0.3, -0.25) is 0 Å². The van der Waals surface area contributed by atoms with E-state index in [-0.39, 0.29) is 6.04 Å². The Balaban J connectivity index is 2.46. The van der Waals surface area contributed by atoms with Crippen molar-refractivity contribution in [2.24, 2.45) is 7.05 Å². The van der Waals surface area contributed by atoms with Gasteiger partial charge in [0.15, 0.2) is 0 Å². The van der Waals surface area contributed by atoms with Gasteiger partial charge in [0, 0.05) is 13.1 Å². The highest BCUT2D eigenvalue weighted by Crippen LogP contribution is 2.16. The van der Waals surface area contributed by atoms with Gasteiger partial charge in [0.2, 0.25) is 0 Å². The molecule has 0 saturated heterocycles. The Hall–Kier alpha value is -0.900. The van der Waals surface area contributed by atoms with E-state index in [1.807, 2.05) is 11.6 Å². The highest BCUT2D eigenvalue weighted by molar-refractivity contribution is 4.93. The summed E-state index contributed by atoms with van der Waals surface area (Å²) in [5, 5.41) is 11.9. The van der Waals surface area contributed by atoms with E-state index >= 15 is 0 Å². The normalized spacial score (nSPS) is 13.1. The third-order valence-electron chi connectivity index (χ3n) is 3.93. The molecule has 0 spiro atoms. The maximum atomic E-state index is 4.21. The third kappa shape index (κ3) is 6.04. The molecule has 0 saturated carbocycles. The SMILES string of the molecule is CCCCCC(CCCCC)NC(C)c1nncn1C. The lowest BCUT2D eigenvalue weighted by atomic mass is 10.0. The molecule has 0 aromatic carbocycles. The number of rotatable bonds is 11. The molecule has 4 nitrogen and oxygen atoms in total. The molecule has 0 aliphatic rings. The van der Waals surface area contributed by atoms with Crippen molar-refractivity contribution in [1.82, 2.24) is 20.1 Å². The van der Waals surface area contributed by atoms with Crippen LogP contribution in [0.2, 0.25) is 0 Å². The van der Waals surface area contributed by atoms with E-state index in [9.17, 15) is 0 Å². The lowest BCUT2D eigenvalue weighted by Gasteiger charge is -2.23. The van der Waals surface area contributed by atoms with Crippen LogP contribution in [0.3, 0.4) is 0 Å². The third-order valence-corrected chi connectivity index (χ3v) is 3.93. The molecule has 0 aliphatic heterocycles. The molecule has 1 heterocycles. The average Bonchev–Trinajstić information content (AvgIpc) is 2.85. The second kappa shape index (κ2) is 9.92. The van der Waals surface area contributed by atoms with E-state index in [2.05, 4.69) is 36.3 Å². The number of hydrogen-bond acceptors (Lipinski definition) is 3. The summed E-state index contributed by atoms with van der Waals surface area (Å²) in [6, 6.07) is 0.885. The first kappa shape index (κ1) is 17.2. The molecule has 1 atom stereocenters. The first-order valence-electron chi connectivity index (χ1n) is 8.28. The summed E-state index contributed by atoms with van der Waals surface area (Å²) >= 11 is 0. The molecule has 0 aliphatic carbocycles. The van der Waals surface area contributed by atoms with Gasteiger partial charge < -0.3 is 9.88 Å². The van der Waals surface area contributed by atoms with E-state index in [4.69, 9.17) is 0 Å². The topological polar surface area (TPSA) is 42.7 Å². The molecule has 0 amide bonds. The Morgan fingerprint density at radius 3 is 2.15 bits per heavy atom. The number of aryl methyl sites for hydroxylation is 1. The Labute approximate surface area is 124 Å². The van der Waals surface area contributed by atoms with Crippen LogP contribution in [0, 0.1) is 0 Å². The van der Waals surface area contributed by atoms with Crippen molar-refractivity contribution in [1.29, 1.82) is 0 Å². The second-order valence-corrected chi connectivity index (χ2v) is 5.88. The van der Waals surface area contributed by atoms with Crippen LogP contribution in [-0.2, 0) is 7.05 Å². The van der Waals surface area contributed by atoms with Crippen molar-refractivity contribution in [2.75, 3.05) is 0 Å². The molecule has 1 rings (SSSR count). The fourth-order valence-corrected chi connectivity index (χ4v) is 2.70. The van der Waals surface area contributed by atoms with Crippen molar-refractivity contribution < 1.29 is 0 Å². The fourth-order valence-electron chi connectivity index (χ4n) is 2.70.